The molecule has 0 saturated carbocycles. The van der Waals surface area contributed by atoms with Gasteiger partial charge in [0.25, 0.3) is 0 Å². The highest BCUT2D eigenvalue weighted by Crippen LogP contribution is 2.63. The molecule has 12 aliphatic rings. The molecule has 37 heteroatoms. The Hall–Kier alpha value is -12.0. The highest BCUT2D eigenvalue weighted by atomic mass is 31.2. The Morgan fingerprint density at radius 2 is 0.709 bits per heavy atom. The maximum Gasteiger partial charge on any atom is 0.475 e. The van der Waals surface area contributed by atoms with Gasteiger partial charge in [0, 0.05) is 131 Å². The average Bonchev–Trinajstić information content (AvgIpc) is 1.62. The number of anilines is 1. The molecule has 6 fully saturated rings. The number of nitriles is 4. The molecule has 18 rings (SSSR count). The van der Waals surface area contributed by atoms with E-state index in [1.807, 2.05) is 46.4 Å². The number of rotatable bonds is 29. The van der Waals surface area contributed by atoms with Gasteiger partial charge in [0.1, 0.15) is 111 Å². The van der Waals surface area contributed by atoms with Crippen LogP contribution in [0.15, 0.2) is 103 Å². The van der Waals surface area contributed by atoms with Gasteiger partial charge in [-0.25, -0.2) is 14.3 Å². The van der Waals surface area contributed by atoms with Gasteiger partial charge in [-0.2, -0.15) is 21.0 Å². The molecule has 35 nitrogen and oxygen atoms in total. The van der Waals surface area contributed by atoms with E-state index in [4.69, 9.17) is 83.1 Å². The lowest BCUT2D eigenvalue weighted by Gasteiger charge is -2.50. The molecule has 12 unspecified atom stereocenters. The topological polar surface area (TPSA) is 398 Å². The van der Waals surface area contributed by atoms with Gasteiger partial charge in [-0.05, 0) is 219 Å². The van der Waals surface area contributed by atoms with Crippen LogP contribution in [0.1, 0.15) is 252 Å². The third-order valence-electron chi connectivity index (χ3n) is 28.5. The van der Waals surface area contributed by atoms with Crippen LogP contribution in [0.3, 0.4) is 0 Å². The van der Waals surface area contributed by atoms with Crippen LogP contribution in [0.2, 0.25) is 0 Å². The number of hydrogen-bond acceptors (Lipinski definition) is 27. The van der Waals surface area contributed by atoms with E-state index in [2.05, 4.69) is 34.0 Å². The lowest BCUT2D eigenvalue weighted by molar-refractivity contribution is -0.151. The van der Waals surface area contributed by atoms with Gasteiger partial charge in [-0.1, -0.05) is 12.1 Å². The number of amides is 6. The Bertz CT molecular complexity index is 6180. The van der Waals surface area contributed by atoms with E-state index in [-0.39, 0.29) is 75.1 Å². The Kier molecular flexibility index (Phi) is 28.6. The van der Waals surface area contributed by atoms with Gasteiger partial charge in [0.05, 0.1) is 122 Å². The van der Waals surface area contributed by atoms with Crippen LogP contribution in [-0.2, 0) is 85.9 Å². The predicted molar refractivity (Wildman–Crippen MR) is 508 cm³/mol. The molecule has 141 heavy (non-hydrogen) atoms. The SMILES string of the molecule is CC1(C)Oc2ccc(C#N)cc2C(N2CCCC2=O)C1OCCCOCP(=O)(OC1C(N2CCCC2=O)c2cc(C#N)ccc2OC1(C)C)OC1C(N2CCCC2=O)c2cc(C#N)ccc2OC1(C)C.[C-]#[N+]c1ccc2c(c1)C(N1CCCC1=O)C(OP(=O)(OCCOC1Cc3c(ccc([N+]#[C-])c3N3CCCC3=O)OC1(C)C)OCCOC1C(N3CCCC3=O)c3cc(C#N)ccc3OC1(C)C)C(C)(C)O2. The summed E-state index contributed by atoms with van der Waals surface area (Å²) < 4.78 is 129. The lowest BCUT2D eigenvalue weighted by atomic mass is 9.84. The van der Waals surface area contributed by atoms with E-state index >= 15 is 9.13 Å². The number of phosphoric ester groups is 1. The summed E-state index contributed by atoms with van der Waals surface area (Å²) in [5.74, 6) is 2.55. The summed E-state index contributed by atoms with van der Waals surface area (Å²) in [7, 11) is -9.24. The number of fused-ring (bicyclic) bond motifs is 6. The molecule has 0 radical (unpaired) electrons. The van der Waals surface area contributed by atoms with Gasteiger partial charge in [0.15, 0.2) is 5.69 Å². The van der Waals surface area contributed by atoms with Crippen molar-refractivity contribution in [3.8, 4) is 58.8 Å². The zero-order chi connectivity index (χ0) is 100. The van der Waals surface area contributed by atoms with Crippen molar-refractivity contribution in [2.24, 2.45) is 0 Å². The van der Waals surface area contributed by atoms with Gasteiger partial charge >= 0.3 is 15.4 Å². The number of phosphoric acid groups is 1. The molecule has 742 valence electrons. The van der Waals surface area contributed by atoms with E-state index in [1.165, 1.54) is 0 Å². The summed E-state index contributed by atoms with van der Waals surface area (Å²) in [5.41, 5.74) is -0.0557. The molecule has 12 atom stereocenters. The Labute approximate surface area is 820 Å². The average molecular weight is 1970 g/mol. The zero-order valence-electron chi connectivity index (χ0n) is 81.4. The van der Waals surface area contributed by atoms with Crippen LogP contribution in [-0.4, -0.2) is 215 Å². The van der Waals surface area contributed by atoms with Gasteiger partial charge in [-0.15, -0.1) is 0 Å². The smallest absolute Gasteiger partial charge is 0.475 e. The fraction of sp³-hybridized carbons (Fsp3) is 0.538. The van der Waals surface area contributed by atoms with Crippen LogP contribution >= 0.6 is 15.4 Å². The van der Waals surface area contributed by atoms with Crippen molar-refractivity contribution in [2.45, 2.75) is 273 Å². The number of carbonyl (C=O) groups excluding carboxylic acids is 6. The minimum Gasteiger partial charge on any atom is -0.485 e. The standard InChI is InChI=1S/C52H59N6O12P.C52H59N6O11P/c1-50(2)41(30-36-40(67-50)20-17-37(55-8)45(36)56-21-9-12-42(56)59)63-24-26-65-71(62,70-49-47(58-23-11-14-44(58)61)35-29-33(54-7)16-19-39(35)69-52(49,5)6)66-27-25-64-48-46(57-22-10-13-43(57)60)34-28-32(31-53)15-18-38(34)68-51(48,3)4;1-50(2)47(44(56-20-7-11-41(56)59)35-25-32(28-53)14-17-38(35)65-50)64-24-10-23-63-31-70(62,68-48-45(57-21-8-12-42(57)60)36-26-33(29-54)15-18-39(36)66-51(48,3)4)69-49-46(58-22-9-13-43(58)61)37-27-34(30-55)16-19-40(37)67-52(49,5)6/h15-20,28-29,41,46-49H,9-14,21-27,30H2,1-6H3;14-19,25-27,44-49H,7-13,20-24,31H2,1-6H3. The van der Waals surface area contributed by atoms with Crippen molar-refractivity contribution in [3.05, 3.63) is 182 Å². The summed E-state index contributed by atoms with van der Waals surface area (Å²) >= 11 is 0. The van der Waals surface area contributed by atoms with Crippen molar-refractivity contribution in [1.29, 1.82) is 21.0 Å². The fourth-order valence-electron chi connectivity index (χ4n) is 21.8. The monoisotopic (exact) mass is 1960 g/mol. The number of likely N-dealkylation sites (tertiary alicyclic amines) is 5. The number of ether oxygens (including phenoxy) is 10. The number of hydrogen-bond donors (Lipinski definition) is 0. The maximum atomic E-state index is 16.1. The lowest BCUT2D eigenvalue weighted by Crippen LogP contribution is -2.56. The first-order chi connectivity index (χ1) is 67.2. The zero-order valence-corrected chi connectivity index (χ0v) is 83.2. The molecule has 12 aliphatic heterocycles. The Morgan fingerprint density at radius 3 is 1.07 bits per heavy atom. The molecule has 0 bridgehead atoms. The fourth-order valence-corrected chi connectivity index (χ4v) is 25.2. The summed E-state index contributed by atoms with van der Waals surface area (Å²) in [6.07, 6.45) is 0.558. The predicted octanol–water partition coefficient (Wildman–Crippen LogP) is 16.8. The second kappa shape index (κ2) is 40.1. The van der Waals surface area contributed by atoms with Crippen LogP contribution in [0.4, 0.5) is 17.1 Å². The third-order valence-corrected chi connectivity index (χ3v) is 31.6. The van der Waals surface area contributed by atoms with Crippen molar-refractivity contribution in [3.63, 3.8) is 0 Å². The summed E-state index contributed by atoms with van der Waals surface area (Å²) in [6, 6.07) is 33.9. The molecule has 6 saturated heterocycles. The molecule has 0 spiro atoms. The molecular formula is C104H118N12O23P2. The molecule has 6 aromatic carbocycles. The van der Waals surface area contributed by atoms with Crippen LogP contribution in [0, 0.1) is 58.5 Å². The van der Waals surface area contributed by atoms with E-state index < -0.39 is 122 Å². The van der Waals surface area contributed by atoms with E-state index in [9.17, 15) is 49.8 Å². The van der Waals surface area contributed by atoms with E-state index in [0.717, 1.165) is 0 Å². The first-order valence-corrected chi connectivity index (χ1v) is 51.5. The van der Waals surface area contributed by atoms with Crippen molar-refractivity contribution in [2.75, 3.05) is 90.2 Å². The van der Waals surface area contributed by atoms with Crippen molar-refractivity contribution < 1.29 is 108 Å². The highest BCUT2D eigenvalue weighted by Gasteiger charge is 2.60. The van der Waals surface area contributed by atoms with E-state index in [1.54, 1.807) is 169 Å². The first-order valence-electron chi connectivity index (χ1n) is 48.3. The second-order valence-electron chi connectivity index (χ2n) is 40.7. The Morgan fingerprint density at radius 1 is 0.376 bits per heavy atom. The summed E-state index contributed by atoms with van der Waals surface area (Å²) in [5, 5.41) is 39.5. The van der Waals surface area contributed by atoms with Crippen LogP contribution < -0.4 is 33.3 Å². The molecule has 6 amide bonds. The first kappa shape index (κ1) is 101. The van der Waals surface area contributed by atoms with Crippen LogP contribution in [0.25, 0.3) is 9.69 Å². The summed E-state index contributed by atoms with van der Waals surface area (Å²) in [4.78, 5) is 98.2. The van der Waals surface area contributed by atoms with E-state index in [0.29, 0.717) is 236 Å². The molecule has 0 aliphatic carbocycles. The minimum absolute atomic E-state index is 0.00237. The summed E-state index contributed by atoms with van der Waals surface area (Å²) in [6.45, 7) is 39.6. The van der Waals surface area contributed by atoms with Crippen molar-refractivity contribution >= 4 is 67.9 Å². The van der Waals surface area contributed by atoms with Crippen LogP contribution in [0.5, 0.6) is 34.5 Å². The molecule has 0 aromatic heterocycles. The number of carbonyl (C=O) groups is 6. The quantitative estimate of drug-likeness (QED) is 0.0239. The van der Waals surface area contributed by atoms with Gasteiger partial charge in [0.2, 0.25) is 41.1 Å². The number of nitrogens with zero attached hydrogens (tertiary/aromatic N) is 12. The molecule has 0 N–H and O–H groups in total. The normalized spacial score (nSPS) is 26.3. The molecular weight excluding hydrogens is 1850 g/mol. The van der Waals surface area contributed by atoms with Gasteiger partial charge < -0.3 is 76.8 Å². The number of benzene rings is 6. The second-order valence-corrected chi connectivity index (χ2v) is 44.2. The Balaban J connectivity index is 0.000000194. The third kappa shape index (κ3) is 20.2. The van der Waals surface area contributed by atoms with Crippen molar-refractivity contribution in [1.82, 2.24) is 24.5 Å². The highest BCUT2D eigenvalue weighted by molar-refractivity contribution is 7.53. The van der Waals surface area contributed by atoms with Gasteiger partial charge in [-0.3, -0.25) is 56.0 Å². The largest absolute Gasteiger partial charge is 0.485 e. The minimum atomic E-state index is -4.68. The maximum absolute atomic E-state index is 16.1. The molecule has 6 aromatic rings. The molecule has 12 heterocycles.